The van der Waals surface area contributed by atoms with E-state index < -0.39 is 0 Å². The Hall–Kier alpha value is -0.860. The number of hydrogen-bond acceptors (Lipinski definition) is 2. The van der Waals surface area contributed by atoms with Gasteiger partial charge in [0.15, 0.2) is 0 Å². The Kier molecular flexibility index (Phi) is 3.97. The van der Waals surface area contributed by atoms with Crippen molar-refractivity contribution < 1.29 is 4.74 Å². The SMILES string of the molecule is Cc1cccc([C@H](C)NCC2CCOC2)c1. The Morgan fingerprint density at radius 2 is 2.38 bits per heavy atom. The monoisotopic (exact) mass is 219 g/mol. The van der Waals surface area contributed by atoms with E-state index >= 15 is 0 Å². The summed E-state index contributed by atoms with van der Waals surface area (Å²) in [4.78, 5) is 0. The van der Waals surface area contributed by atoms with Crippen LogP contribution in [0.5, 0.6) is 0 Å². The highest BCUT2D eigenvalue weighted by Gasteiger charge is 2.16. The Morgan fingerprint density at radius 1 is 1.50 bits per heavy atom. The van der Waals surface area contributed by atoms with E-state index in [9.17, 15) is 0 Å². The lowest BCUT2D eigenvalue weighted by molar-refractivity contribution is 0.184. The minimum absolute atomic E-state index is 0.431. The molecule has 2 rings (SSSR count). The molecule has 1 N–H and O–H groups in total. The van der Waals surface area contributed by atoms with E-state index in [1.54, 1.807) is 0 Å². The molecule has 1 heterocycles. The molecule has 0 spiro atoms. The molecule has 1 aromatic carbocycles. The summed E-state index contributed by atoms with van der Waals surface area (Å²) >= 11 is 0. The lowest BCUT2D eigenvalue weighted by Crippen LogP contribution is -2.26. The van der Waals surface area contributed by atoms with Gasteiger partial charge in [0, 0.05) is 19.2 Å². The fourth-order valence-corrected chi connectivity index (χ4v) is 2.15. The van der Waals surface area contributed by atoms with Gasteiger partial charge < -0.3 is 10.1 Å². The van der Waals surface area contributed by atoms with E-state index in [4.69, 9.17) is 4.74 Å². The van der Waals surface area contributed by atoms with Crippen LogP contribution in [-0.2, 0) is 4.74 Å². The van der Waals surface area contributed by atoms with E-state index in [2.05, 4.69) is 43.4 Å². The van der Waals surface area contributed by atoms with E-state index in [1.165, 1.54) is 17.5 Å². The minimum Gasteiger partial charge on any atom is -0.381 e. The average Bonchev–Trinajstić information content (AvgIpc) is 2.78. The van der Waals surface area contributed by atoms with Crippen LogP contribution >= 0.6 is 0 Å². The van der Waals surface area contributed by atoms with Crippen LogP contribution in [0.4, 0.5) is 0 Å². The first-order valence-electron chi connectivity index (χ1n) is 6.13. The summed E-state index contributed by atoms with van der Waals surface area (Å²) in [6.45, 7) is 7.29. The van der Waals surface area contributed by atoms with Crippen molar-refractivity contribution in [2.75, 3.05) is 19.8 Å². The van der Waals surface area contributed by atoms with Gasteiger partial charge in [0.25, 0.3) is 0 Å². The molecule has 0 saturated carbocycles. The Bertz CT molecular complexity index is 331. The second-order valence-corrected chi connectivity index (χ2v) is 4.77. The summed E-state index contributed by atoms with van der Waals surface area (Å²) in [5.74, 6) is 0.701. The van der Waals surface area contributed by atoms with Crippen molar-refractivity contribution in [2.24, 2.45) is 5.92 Å². The van der Waals surface area contributed by atoms with Crippen LogP contribution in [-0.4, -0.2) is 19.8 Å². The van der Waals surface area contributed by atoms with Gasteiger partial charge in [-0.05, 0) is 31.7 Å². The van der Waals surface area contributed by atoms with Gasteiger partial charge in [-0.1, -0.05) is 29.8 Å². The lowest BCUT2D eigenvalue weighted by atomic mass is 10.0. The molecule has 0 aliphatic carbocycles. The number of rotatable bonds is 4. The predicted octanol–water partition coefficient (Wildman–Crippen LogP) is 2.68. The topological polar surface area (TPSA) is 21.3 Å². The molecule has 1 aromatic rings. The molecule has 0 amide bonds. The van der Waals surface area contributed by atoms with Crippen LogP contribution < -0.4 is 5.32 Å². The molecule has 2 heteroatoms. The predicted molar refractivity (Wildman–Crippen MR) is 66.5 cm³/mol. The Balaban J connectivity index is 1.85. The molecule has 1 aliphatic heterocycles. The first-order valence-corrected chi connectivity index (χ1v) is 6.13. The van der Waals surface area contributed by atoms with Crippen molar-refractivity contribution in [3.8, 4) is 0 Å². The molecular weight excluding hydrogens is 198 g/mol. The number of nitrogens with one attached hydrogen (secondary N) is 1. The molecule has 88 valence electrons. The third-order valence-electron chi connectivity index (χ3n) is 3.28. The molecule has 2 atom stereocenters. The van der Waals surface area contributed by atoms with E-state index in [1.807, 2.05) is 0 Å². The molecule has 1 unspecified atom stereocenters. The Labute approximate surface area is 98.0 Å². The van der Waals surface area contributed by atoms with Gasteiger partial charge in [-0.3, -0.25) is 0 Å². The van der Waals surface area contributed by atoms with Crippen molar-refractivity contribution in [1.82, 2.24) is 5.32 Å². The van der Waals surface area contributed by atoms with E-state index in [0.29, 0.717) is 12.0 Å². The standard InChI is InChI=1S/C14H21NO/c1-11-4-3-5-14(8-11)12(2)15-9-13-6-7-16-10-13/h3-5,8,12-13,15H,6-7,9-10H2,1-2H3/t12-,13?/m0/s1. The van der Waals surface area contributed by atoms with Crippen LogP contribution in [0.3, 0.4) is 0 Å². The molecule has 2 nitrogen and oxygen atoms in total. The average molecular weight is 219 g/mol. The molecule has 16 heavy (non-hydrogen) atoms. The van der Waals surface area contributed by atoms with Crippen LogP contribution in [0.25, 0.3) is 0 Å². The zero-order chi connectivity index (χ0) is 11.4. The van der Waals surface area contributed by atoms with E-state index in [0.717, 1.165) is 19.8 Å². The molecular formula is C14H21NO. The van der Waals surface area contributed by atoms with Crippen molar-refractivity contribution >= 4 is 0 Å². The fourth-order valence-electron chi connectivity index (χ4n) is 2.15. The fraction of sp³-hybridized carbons (Fsp3) is 0.571. The van der Waals surface area contributed by atoms with Gasteiger partial charge in [0.2, 0.25) is 0 Å². The molecule has 0 bridgehead atoms. The third kappa shape index (κ3) is 3.06. The van der Waals surface area contributed by atoms with Crippen molar-refractivity contribution in [1.29, 1.82) is 0 Å². The van der Waals surface area contributed by atoms with Crippen LogP contribution in [0.15, 0.2) is 24.3 Å². The van der Waals surface area contributed by atoms with Crippen LogP contribution in [0.2, 0.25) is 0 Å². The maximum absolute atomic E-state index is 5.37. The quantitative estimate of drug-likeness (QED) is 0.840. The first-order chi connectivity index (χ1) is 7.75. The maximum atomic E-state index is 5.37. The molecule has 1 fully saturated rings. The minimum atomic E-state index is 0.431. The molecule has 0 aromatic heterocycles. The normalized spacial score (nSPS) is 22.2. The van der Waals surface area contributed by atoms with Gasteiger partial charge in [-0.2, -0.15) is 0 Å². The first kappa shape index (κ1) is 11.6. The summed E-state index contributed by atoms with van der Waals surface area (Å²) in [7, 11) is 0. The van der Waals surface area contributed by atoms with Crippen molar-refractivity contribution in [3.63, 3.8) is 0 Å². The highest BCUT2D eigenvalue weighted by Crippen LogP contribution is 2.16. The van der Waals surface area contributed by atoms with Gasteiger partial charge in [-0.25, -0.2) is 0 Å². The van der Waals surface area contributed by atoms with Crippen molar-refractivity contribution in [2.45, 2.75) is 26.3 Å². The second-order valence-electron chi connectivity index (χ2n) is 4.77. The van der Waals surface area contributed by atoms with Gasteiger partial charge in [-0.15, -0.1) is 0 Å². The number of benzene rings is 1. The summed E-state index contributed by atoms with van der Waals surface area (Å²) in [6.07, 6.45) is 1.20. The van der Waals surface area contributed by atoms with Crippen molar-refractivity contribution in [3.05, 3.63) is 35.4 Å². The van der Waals surface area contributed by atoms with Gasteiger partial charge in [0.1, 0.15) is 0 Å². The molecule has 0 radical (unpaired) electrons. The molecule has 1 saturated heterocycles. The summed E-state index contributed by atoms with van der Waals surface area (Å²) in [5, 5.41) is 3.59. The highest BCUT2D eigenvalue weighted by atomic mass is 16.5. The Morgan fingerprint density at radius 3 is 3.06 bits per heavy atom. The highest BCUT2D eigenvalue weighted by molar-refractivity contribution is 5.24. The smallest absolute Gasteiger partial charge is 0.0507 e. The summed E-state index contributed by atoms with van der Waals surface area (Å²) < 4.78 is 5.37. The number of ether oxygens (including phenoxy) is 1. The summed E-state index contributed by atoms with van der Waals surface area (Å²) in [6, 6.07) is 9.14. The van der Waals surface area contributed by atoms with E-state index in [-0.39, 0.29) is 0 Å². The maximum Gasteiger partial charge on any atom is 0.0507 e. The third-order valence-corrected chi connectivity index (χ3v) is 3.28. The second kappa shape index (κ2) is 5.46. The molecule has 1 aliphatic rings. The largest absolute Gasteiger partial charge is 0.381 e. The zero-order valence-electron chi connectivity index (χ0n) is 10.2. The van der Waals surface area contributed by atoms with Crippen LogP contribution in [0, 0.1) is 12.8 Å². The number of aryl methyl sites for hydroxylation is 1. The van der Waals surface area contributed by atoms with Crippen LogP contribution in [0.1, 0.15) is 30.5 Å². The van der Waals surface area contributed by atoms with Gasteiger partial charge in [0.05, 0.1) is 6.61 Å². The number of hydrogen-bond donors (Lipinski definition) is 1. The summed E-state index contributed by atoms with van der Waals surface area (Å²) in [5.41, 5.74) is 2.70. The lowest BCUT2D eigenvalue weighted by Gasteiger charge is -2.17. The van der Waals surface area contributed by atoms with Gasteiger partial charge >= 0.3 is 0 Å². The zero-order valence-corrected chi connectivity index (χ0v) is 10.2.